The smallest absolute Gasteiger partial charge is 0.196 e. The van der Waals surface area contributed by atoms with Gasteiger partial charge in [-0.1, -0.05) is 6.07 Å². The molecule has 0 saturated heterocycles. The van der Waals surface area contributed by atoms with Gasteiger partial charge >= 0.3 is 0 Å². The van der Waals surface area contributed by atoms with Crippen LogP contribution >= 0.6 is 0 Å². The van der Waals surface area contributed by atoms with Crippen LogP contribution in [0.3, 0.4) is 0 Å². The van der Waals surface area contributed by atoms with Gasteiger partial charge in [-0.05, 0) is 45.4 Å². The summed E-state index contributed by atoms with van der Waals surface area (Å²) in [6.45, 7) is 9.41. The van der Waals surface area contributed by atoms with Gasteiger partial charge in [0.15, 0.2) is 11.5 Å². The lowest BCUT2D eigenvalue weighted by Gasteiger charge is -2.19. The Hall–Kier alpha value is -1.35. The predicted molar refractivity (Wildman–Crippen MR) is 70.2 cm³/mol. The van der Waals surface area contributed by atoms with E-state index in [2.05, 4.69) is 44.1 Å². The Bertz CT molecular complexity index is 508. The van der Waals surface area contributed by atoms with Gasteiger partial charge in [0, 0.05) is 18.5 Å². The number of nitrogens with one attached hydrogen (secondary N) is 1. The SMILES string of the molecule is Cc1ccc2oc(CCNC(C)(C)C)nc2c1. The first-order chi connectivity index (χ1) is 7.94. The van der Waals surface area contributed by atoms with E-state index in [0.29, 0.717) is 0 Å². The summed E-state index contributed by atoms with van der Waals surface area (Å²) in [5, 5.41) is 3.43. The highest BCUT2D eigenvalue weighted by Crippen LogP contribution is 2.17. The molecule has 3 nitrogen and oxygen atoms in total. The lowest BCUT2D eigenvalue weighted by Crippen LogP contribution is -2.37. The quantitative estimate of drug-likeness (QED) is 0.883. The Morgan fingerprint density at radius 2 is 2.06 bits per heavy atom. The van der Waals surface area contributed by atoms with Crippen molar-refractivity contribution in [2.24, 2.45) is 0 Å². The van der Waals surface area contributed by atoms with Crippen molar-refractivity contribution in [3.63, 3.8) is 0 Å². The number of hydrogen-bond donors (Lipinski definition) is 1. The third-order valence-corrected chi connectivity index (χ3v) is 2.58. The number of rotatable bonds is 3. The summed E-state index contributed by atoms with van der Waals surface area (Å²) >= 11 is 0. The van der Waals surface area contributed by atoms with Crippen LogP contribution in [0.1, 0.15) is 32.2 Å². The maximum absolute atomic E-state index is 5.69. The van der Waals surface area contributed by atoms with Crippen molar-refractivity contribution in [3.05, 3.63) is 29.7 Å². The highest BCUT2D eigenvalue weighted by molar-refractivity contribution is 5.73. The van der Waals surface area contributed by atoms with Crippen LogP contribution in [0.25, 0.3) is 11.1 Å². The van der Waals surface area contributed by atoms with Crippen LogP contribution in [0.5, 0.6) is 0 Å². The van der Waals surface area contributed by atoms with Gasteiger partial charge in [0.05, 0.1) is 0 Å². The molecule has 0 aliphatic carbocycles. The number of oxazole rings is 1. The van der Waals surface area contributed by atoms with Gasteiger partial charge in [-0.15, -0.1) is 0 Å². The van der Waals surface area contributed by atoms with Crippen LogP contribution in [0.4, 0.5) is 0 Å². The van der Waals surface area contributed by atoms with Crippen molar-refractivity contribution < 1.29 is 4.42 Å². The molecule has 1 N–H and O–H groups in total. The van der Waals surface area contributed by atoms with E-state index in [0.717, 1.165) is 30.0 Å². The van der Waals surface area contributed by atoms with E-state index in [-0.39, 0.29) is 5.54 Å². The molecule has 0 aliphatic rings. The summed E-state index contributed by atoms with van der Waals surface area (Å²) in [7, 11) is 0. The van der Waals surface area contributed by atoms with E-state index in [9.17, 15) is 0 Å². The van der Waals surface area contributed by atoms with E-state index in [1.54, 1.807) is 0 Å². The van der Waals surface area contributed by atoms with Crippen molar-refractivity contribution in [1.82, 2.24) is 10.3 Å². The number of benzene rings is 1. The van der Waals surface area contributed by atoms with Crippen molar-refractivity contribution >= 4 is 11.1 Å². The molecule has 0 spiro atoms. The molecule has 0 aliphatic heterocycles. The fraction of sp³-hybridized carbons (Fsp3) is 0.500. The highest BCUT2D eigenvalue weighted by Gasteiger charge is 2.10. The zero-order valence-corrected chi connectivity index (χ0v) is 11.0. The summed E-state index contributed by atoms with van der Waals surface area (Å²) in [4.78, 5) is 4.49. The van der Waals surface area contributed by atoms with E-state index in [4.69, 9.17) is 4.42 Å². The molecule has 17 heavy (non-hydrogen) atoms. The van der Waals surface area contributed by atoms with Gasteiger partial charge in [0.1, 0.15) is 5.52 Å². The molecular weight excluding hydrogens is 212 g/mol. The topological polar surface area (TPSA) is 38.1 Å². The molecule has 0 fully saturated rings. The van der Waals surface area contributed by atoms with Crippen LogP contribution in [0.15, 0.2) is 22.6 Å². The largest absolute Gasteiger partial charge is 0.441 e. The fourth-order valence-electron chi connectivity index (χ4n) is 1.74. The van der Waals surface area contributed by atoms with Crippen molar-refractivity contribution in [2.45, 2.75) is 39.7 Å². The predicted octanol–water partition coefficient (Wildman–Crippen LogP) is 3.07. The molecule has 2 aromatic rings. The molecule has 0 saturated carbocycles. The normalized spacial score (nSPS) is 12.2. The monoisotopic (exact) mass is 232 g/mol. The van der Waals surface area contributed by atoms with Crippen molar-refractivity contribution in [1.29, 1.82) is 0 Å². The van der Waals surface area contributed by atoms with E-state index in [1.165, 1.54) is 5.56 Å². The average molecular weight is 232 g/mol. The second-order valence-corrected chi connectivity index (χ2v) is 5.51. The average Bonchev–Trinajstić information content (AvgIpc) is 2.57. The highest BCUT2D eigenvalue weighted by atomic mass is 16.3. The minimum absolute atomic E-state index is 0.141. The van der Waals surface area contributed by atoms with Crippen LogP contribution in [0.2, 0.25) is 0 Å². The number of nitrogens with zero attached hydrogens (tertiary/aromatic N) is 1. The molecule has 0 unspecified atom stereocenters. The van der Waals surface area contributed by atoms with Gasteiger partial charge in [0.25, 0.3) is 0 Å². The molecule has 0 amide bonds. The third-order valence-electron chi connectivity index (χ3n) is 2.58. The van der Waals surface area contributed by atoms with Crippen LogP contribution in [-0.4, -0.2) is 17.1 Å². The standard InChI is InChI=1S/C14H20N2O/c1-10-5-6-12-11(9-10)16-13(17-12)7-8-15-14(2,3)4/h5-6,9,15H,7-8H2,1-4H3. The molecular formula is C14H20N2O. The summed E-state index contributed by atoms with van der Waals surface area (Å²) < 4.78 is 5.69. The Labute approximate surface area is 102 Å². The molecule has 1 aromatic carbocycles. The molecule has 1 heterocycles. The first-order valence-electron chi connectivity index (χ1n) is 6.05. The second-order valence-electron chi connectivity index (χ2n) is 5.51. The molecule has 0 atom stereocenters. The Morgan fingerprint density at radius 1 is 1.29 bits per heavy atom. The summed E-state index contributed by atoms with van der Waals surface area (Å²) in [5.74, 6) is 0.808. The Kier molecular flexibility index (Phi) is 3.20. The minimum Gasteiger partial charge on any atom is -0.441 e. The molecule has 92 valence electrons. The first kappa shape index (κ1) is 12.1. The van der Waals surface area contributed by atoms with E-state index < -0.39 is 0 Å². The molecule has 0 bridgehead atoms. The lowest BCUT2D eigenvalue weighted by atomic mass is 10.1. The van der Waals surface area contributed by atoms with E-state index in [1.807, 2.05) is 12.1 Å². The number of aromatic nitrogens is 1. The zero-order chi connectivity index (χ0) is 12.5. The second kappa shape index (κ2) is 4.49. The number of aryl methyl sites for hydroxylation is 1. The lowest BCUT2D eigenvalue weighted by molar-refractivity contribution is 0.414. The Balaban J connectivity index is 2.05. The summed E-state index contributed by atoms with van der Waals surface area (Å²) in [6, 6.07) is 6.09. The minimum atomic E-state index is 0.141. The van der Waals surface area contributed by atoms with Crippen LogP contribution < -0.4 is 5.32 Å². The maximum Gasteiger partial charge on any atom is 0.196 e. The van der Waals surface area contributed by atoms with Gasteiger partial charge in [0.2, 0.25) is 0 Å². The first-order valence-corrected chi connectivity index (χ1v) is 6.05. The number of hydrogen-bond acceptors (Lipinski definition) is 3. The van der Waals surface area contributed by atoms with E-state index >= 15 is 0 Å². The third kappa shape index (κ3) is 3.30. The fourth-order valence-corrected chi connectivity index (χ4v) is 1.74. The Morgan fingerprint density at radius 3 is 2.76 bits per heavy atom. The molecule has 2 rings (SSSR count). The van der Waals surface area contributed by atoms with Crippen molar-refractivity contribution in [2.75, 3.05) is 6.54 Å². The van der Waals surface area contributed by atoms with Gasteiger partial charge in [-0.3, -0.25) is 0 Å². The summed E-state index contributed by atoms with van der Waals surface area (Å²) in [5.41, 5.74) is 3.19. The van der Waals surface area contributed by atoms with Gasteiger partial charge < -0.3 is 9.73 Å². The molecule has 3 heteroatoms. The zero-order valence-electron chi connectivity index (χ0n) is 11.0. The van der Waals surface area contributed by atoms with Gasteiger partial charge in [-0.2, -0.15) is 0 Å². The van der Waals surface area contributed by atoms with Crippen LogP contribution in [0, 0.1) is 6.92 Å². The number of fused-ring (bicyclic) bond motifs is 1. The molecule has 0 radical (unpaired) electrons. The van der Waals surface area contributed by atoms with Gasteiger partial charge in [-0.25, -0.2) is 4.98 Å². The van der Waals surface area contributed by atoms with Crippen LogP contribution in [-0.2, 0) is 6.42 Å². The maximum atomic E-state index is 5.69. The van der Waals surface area contributed by atoms with Crippen molar-refractivity contribution in [3.8, 4) is 0 Å². The molecule has 1 aromatic heterocycles. The summed E-state index contributed by atoms with van der Waals surface area (Å²) in [6.07, 6.45) is 0.824.